The lowest BCUT2D eigenvalue weighted by Gasteiger charge is -2.31. The molecule has 0 aliphatic heterocycles. The molecule has 2 rings (SSSR count). The summed E-state index contributed by atoms with van der Waals surface area (Å²) < 4.78 is 28.3. The van der Waals surface area contributed by atoms with Crippen molar-refractivity contribution in [2.75, 3.05) is 20.6 Å². The lowest BCUT2D eigenvalue weighted by molar-refractivity contribution is 0.282. The van der Waals surface area contributed by atoms with Crippen molar-refractivity contribution < 1.29 is 8.42 Å². The van der Waals surface area contributed by atoms with Crippen LogP contribution in [0.4, 0.5) is 0 Å². The van der Waals surface area contributed by atoms with Gasteiger partial charge in [-0.2, -0.15) is 17.0 Å². The number of hydrogen-bond donors (Lipinski definition) is 1. The van der Waals surface area contributed by atoms with Gasteiger partial charge in [-0.1, -0.05) is 36.8 Å². The lowest BCUT2D eigenvalue weighted by atomic mass is 10.0. The largest absolute Gasteiger partial charge is 0.330 e. The summed E-state index contributed by atoms with van der Waals surface area (Å²) in [6, 6.07) is 9.66. The molecule has 1 aromatic carbocycles. The highest BCUT2D eigenvalue weighted by Crippen LogP contribution is 2.30. The maximum atomic E-state index is 12.7. The van der Waals surface area contributed by atoms with Crippen LogP contribution in [-0.2, 0) is 16.8 Å². The van der Waals surface area contributed by atoms with Crippen molar-refractivity contribution in [1.82, 2.24) is 8.61 Å². The van der Waals surface area contributed by atoms with Gasteiger partial charge in [0.1, 0.15) is 0 Å². The van der Waals surface area contributed by atoms with Crippen LogP contribution < -0.4 is 5.73 Å². The molecule has 1 saturated carbocycles. The molecule has 6 heteroatoms. The van der Waals surface area contributed by atoms with Crippen LogP contribution in [0.25, 0.3) is 0 Å². The second kappa shape index (κ2) is 6.87. The predicted octanol–water partition coefficient (Wildman–Crippen LogP) is 1.42. The molecule has 0 radical (unpaired) electrons. The molecule has 0 bridgehead atoms. The first-order valence-corrected chi connectivity index (χ1v) is 8.79. The zero-order chi connectivity index (χ0) is 15.5. The van der Waals surface area contributed by atoms with Crippen LogP contribution in [-0.4, -0.2) is 43.7 Å². The minimum absolute atomic E-state index is 0.0261. The molecule has 2 atom stereocenters. The van der Waals surface area contributed by atoms with E-state index in [9.17, 15) is 8.42 Å². The third-order valence-corrected chi connectivity index (χ3v) is 6.31. The predicted molar refractivity (Wildman–Crippen MR) is 84.8 cm³/mol. The topological polar surface area (TPSA) is 66.6 Å². The molecule has 1 fully saturated rings. The summed E-state index contributed by atoms with van der Waals surface area (Å²) in [6.45, 7) is 0.931. The number of hydrogen-bond acceptors (Lipinski definition) is 3. The average molecular weight is 311 g/mol. The van der Waals surface area contributed by atoms with E-state index in [-0.39, 0.29) is 12.0 Å². The third kappa shape index (κ3) is 3.63. The van der Waals surface area contributed by atoms with Crippen LogP contribution in [0.2, 0.25) is 0 Å². The van der Waals surface area contributed by atoms with Gasteiger partial charge in [-0.3, -0.25) is 0 Å². The fourth-order valence-corrected chi connectivity index (χ4v) is 4.46. The third-order valence-electron chi connectivity index (χ3n) is 4.39. The van der Waals surface area contributed by atoms with Crippen molar-refractivity contribution in [2.45, 2.75) is 31.8 Å². The molecule has 0 amide bonds. The number of benzene rings is 1. The van der Waals surface area contributed by atoms with Crippen LogP contribution in [0.5, 0.6) is 0 Å². The first kappa shape index (κ1) is 16.4. The maximum Gasteiger partial charge on any atom is 0.282 e. The zero-order valence-electron chi connectivity index (χ0n) is 12.8. The van der Waals surface area contributed by atoms with E-state index in [1.807, 2.05) is 30.3 Å². The highest BCUT2D eigenvalue weighted by atomic mass is 32.2. The zero-order valence-corrected chi connectivity index (χ0v) is 13.6. The van der Waals surface area contributed by atoms with Gasteiger partial charge in [0.25, 0.3) is 10.2 Å². The molecule has 5 nitrogen and oxygen atoms in total. The van der Waals surface area contributed by atoms with Gasteiger partial charge >= 0.3 is 0 Å². The number of nitrogens with zero attached hydrogens (tertiary/aromatic N) is 2. The molecule has 21 heavy (non-hydrogen) atoms. The van der Waals surface area contributed by atoms with Crippen LogP contribution in [0.15, 0.2) is 30.3 Å². The van der Waals surface area contributed by atoms with Crippen LogP contribution in [0.3, 0.4) is 0 Å². The van der Waals surface area contributed by atoms with Crippen molar-refractivity contribution in [1.29, 1.82) is 0 Å². The van der Waals surface area contributed by atoms with Gasteiger partial charge < -0.3 is 5.73 Å². The second-order valence-corrected chi connectivity index (χ2v) is 7.85. The molecular weight excluding hydrogens is 286 g/mol. The Labute approximate surface area is 127 Å². The van der Waals surface area contributed by atoms with Crippen LogP contribution in [0, 0.1) is 5.92 Å². The molecule has 2 N–H and O–H groups in total. The van der Waals surface area contributed by atoms with E-state index in [1.165, 1.54) is 8.61 Å². The monoisotopic (exact) mass is 311 g/mol. The van der Waals surface area contributed by atoms with Gasteiger partial charge in [-0.05, 0) is 30.9 Å². The van der Waals surface area contributed by atoms with Crippen molar-refractivity contribution in [3.63, 3.8) is 0 Å². The molecule has 0 spiro atoms. The average Bonchev–Trinajstić information content (AvgIpc) is 2.95. The van der Waals surface area contributed by atoms with Gasteiger partial charge in [-0.15, -0.1) is 0 Å². The van der Waals surface area contributed by atoms with E-state index in [4.69, 9.17) is 5.73 Å². The Morgan fingerprint density at radius 2 is 1.86 bits per heavy atom. The molecule has 0 heterocycles. The van der Waals surface area contributed by atoms with E-state index in [0.29, 0.717) is 13.1 Å². The Morgan fingerprint density at radius 3 is 2.48 bits per heavy atom. The van der Waals surface area contributed by atoms with E-state index in [2.05, 4.69) is 0 Å². The smallest absolute Gasteiger partial charge is 0.282 e. The Balaban J connectivity index is 2.09. The Morgan fingerprint density at radius 1 is 1.19 bits per heavy atom. The quantitative estimate of drug-likeness (QED) is 0.864. The molecule has 2 unspecified atom stereocenters. The van der Waals surface area contributed by atoms with Gasteiger partial charge in [0.15, 0.2) is 0 Å². The summed E-state index contributed by atoms with van der Waals surface area (Å²) >= 11 is 0. The molecule has 0 aromatic heterocycles. The molecule has 0 saturated heterocycles. The number of nitrogens with two attached hydrogens (primary N) is 1. The molecular formula is C15H25N3O2S. The van der Waals surface area contributed by atoms with E-state index < -0.39 is 10.2 Å². The summed E-state index contributed by atoms with van der Waals surface area (Å²) in [5.41, 5.74) is 6.75. The van der Waals surface area contributed by atoms with E-state index in [0.717, 1.165) is 24.8 Å². The standard InChI is InChI=1S/C15H25N3O2S/c1-17(12-13-7-4-3-5-8-13)21(19,20)18(2)15-10-6-9-14(15)11-16/h3-5,7-8,14-15H,6,9-12,16H2,1-2H3. The summed E-state index contributed by atoms with van der Waals surface area (Å²) in [5.74, 6) is 0.273. The maximum absolute atomic E-state index is 12.7. The van der Waals surface area contributed by atoms with Gasteiger partial charge in [-0.25, -0.2) is 0 Å². The molecule has 1 aromatic rings. The van der Waals surface area contributed by atoms with Gasteiger partial charge in [0, 0.05) is 26.7 Å². The van der Waals surface area contributed by atoms with Gasteiger partial charge in [0.05, 0.1) is 0 Å². The van der Waals surface area contributed by atoms with E-state index >= 15 is 0 Å². The normalized spacial score (nSPS) is 23.1. The van der Waals surface area contributed by atoms with Gasteiger partial charge in [0.2, 0.25) is 0 Å². The summed E-state index contributed by atoms with van der Waals surface area (Å²) in [6.07, 6.45) is 2.97. The van der Waals surface area contributed by atoms with E-state index in [1.54, 1.807) is 14.1 Å². The first-order chi connectivity index (χ1) is 9.96. The SMILES string of the molecule is CN(Cc1ccccc1)S(=O)(=O)N(C)C1CCCC1CN. The lowest BCUT2D eigenvalue weighted by Crippen LogP contribution is -2.47. The van der Waals surface area contributed by atoms with Crippen LogP contribution in [0.1, 0.15) is 24.8 Å². The van der Waals surface area contributed by atoms with Crippen molar-refractivity contribution in [3.8, 4) is 0 Å². The fraction of sp³-hybridized carbons (Fsp3) is 0.600. The first-order valence-electron chi connectivity index (χ1n) is 7.40. The highest BCUT2D eigenvalue weighted by Gasteiger charge is 2.36. The fourth-order valence-electron chi connectivity index (χ4n) is 3.08. The van der Waals surface area contributed by atoms with Crippen molar-refractivity contribution in [3.05, 3.63) is 35.9 Å². The second-order valence-electron chi connectivity index (χ2n) is 5.76. The highest BCUT2D eigenvalue weighted by molar-refractivity contribution is 7.86. The van der Waals surface area contributed by atoms with Crippen molar-refractivity contribution >= 4 is 10.2 Å². The summed E-state index contributed by atoms with van der Waals surface area (Å²) in [7, 11) is -0.146. The molecule has 1 aliphatic rings. The molecule has 118 valence electrons. The van der Waals surface area contributed by atoms with Crippen LogP contribution >= 0.6 is 0 Å². The molecule has 1 aliphatic carbocycles. The Kier molecular flexibility index (Phi) is 5.37. The summed E-state index contributed by atoms with van der Waals surface area (Å²) in [4.78, 5) is 0. The van der Waals surface area contributed by atoms with Crippen molar-refractivity contribution in [2.24, 2.45) is 11.7 Å². The Hall–Kier alpha value is -0.950. The Bertz CT molecular complexity index is 547. The number of rotatable bonds is 6. The minimum atomic E-state index is -3.45. The summed E-state index contributed by atoms with van der Waals surface area (Å²) in [5, 5.41) is 0. The minimum Gasteiger partial charge on any atom is -0.330 e.